The predicted molar refractivity (Wildman–Crippen MR) is 87.5 cm³/mol. The lowest BCUT2D eigenvalue weighted by Gasteiger charge is -1.99. The predicted octanol–water partition coefficient (Wildman–Crippen LogP) is 3.84. The van der Waals surface area contributed by atoms with Crippen molar-refractivity contribution in [3.63, 3.8) is 0 Å². The van der Waals surface area contributed by atoms with Crippen LogP contribution in [-0.4, -0.2) is 9.91 Å². The first kappa shape index (κ1) is 14.4. The molecule has 22 heavy (non-hydrogen) atoms. The maximum Gasteiger partial charge on any atom is 0.269 e. The molecule has 0 bridgehead atoms. The van der Waals surface area contributed by atoms with E-state index in [1.807, 2.05) is 29.6 Å². The monoisotopic (exact) mass is 311 g/mol. The second kappa shape index (κ2) is 6.05. The summed E-state index contributed by atoms with van der Waals surface area (Å²) < 4.78 is 0. The molecule has 0 spiro atoms. The highest BCUT2D eigenvalue weighted by Gasteiger charge is 2.09. The Morgan fingerprint density at radius 1 is 1.05 bits per heavy atom. The van der Waals surface area contributed by atoms with Gasteiger partial charge in [-0.1, -0.05) is 24.3 Å². The first-order chi connectivity index (χ1) is 10.7. The van der Waals surface area contributed by atoms with Crippen LogP contribution in [0, 0.1) is 10.1 Å². The summed E-state index contributed by atoms with van der Waals surface area (Å²) in [4.78, 5) is 14.9. The number of hydrogen-bond acceptors (Lipinski definition) is 5. The number of hydrogen-bond donors (Lipinski definition) is 1. The summed E-state index contributed by atoms with van der Waals surface area (Å²) in [6.45, 7) is 0.520. The molecule has 1 aromatic heterocycles. The molecule has 0 atom stereocenters. The van der Waals surface area contributed by atoms with E-state index in [-0.39, 0.29) is 5.69 Å². The molecule has 5 nitrogen and oxygen atoms in total. The number of aromatic nitrogens is 1. The second-order valence-electron chi connectivity index (χ2n) is 4.74. The molecule has 0 amide bonds. The Balaban J connectivity index is 1.87. The van der Waals surface area contributed by atoms with Crippen molar-refractivity contribution in [1.29, 1.82) is 0 Å². The zero-order chi connectivity index (χ0) is 15.5. The lowest BCUT2D eigenvalue weighted by Crippen LogP contribution is -1.95. The van der Waals surface area contributed by atoms with E-state index in [2.05, 4.69) is 4.98 Å². The van der Waals surface area contributed by atoms with Gasteiger partial charge >= 0.3 is 0 Å². The van der Waals surface area contributed by atoms with Gasteiger partial charge in [0.15, 0.2) is 0 Å². The van der Waals surface area contributed by atoms with Gasteiger partial charge < -0.3 is 5.73 Å². The summed E-state index contributed by atoms with van der Waals surface area (Å²) >= 11 is 1.55. The molecule has 2 aromatic carbocycles. The van der Waals surface area contributed by atoms with Crippen LogP contribution in [-0.2, 0) is 6.54 Å². The Labute approximate surface area is 131 Å². The summed E-state index contributed by atoms with van der Waals surface area (Å²) in [6, 6.07) is 14.4. The second-order valence-corrected chi connectivity index (χ2v) is 5.60. The molecule has 6 heteroatoms. The maximum atomic E-state index is 10.7. The van der Waals surface area contributed by atoms with Crippen molar-refractivity contribution in [2.75, 3.05) is 0 Å². The van der Waals surface area contributed by atoms with Crippen molar-refractivity contribution in [2.45, 2.75) is 6.54 Å². The third kappa shape index (κ3) is 2.88. The molecule has 0 fully saturated rings. The molecule has 0 saturated carbocycles. The normalized spacial score (nSPS) is 10.6. The largest absolute Gasteiger partial charge is 0.326 e. The van der Waals surface area contributed by atoms with Gasteiger partial charge in [0.05, 0.1) is 10.6 Å². The Bertz CT molecular complexity index is 795. The maximum absolute atomic E-state index is 10.7. The van der Waals surface area contributed by atoms with Crippen molar-refractivity contribution in [3.8, 4) is 21.8 Å². The average Bonchev–Trinajstić information content (AvgIpc) is 3.05. The van der Waals surface area contributed by atoms with Gasteiger partial charge in [-0.3, -0.25) is 10.1 Å². The van der Waals surface area contributed by atoms with Crippen LogP contribution >= 0.6 is 11.3 Å². The number of nitrogens with two attached hydrogens (primary N) is 1. The first-order valence-electron chi connectivity index (χ1n) is 6.67. The van der Waals surface area contributed by atoms with E-state index in [0.717, 1.165) is 27.4 Å². The highest BCUT2D eigenvalue weighted by Crippen LogP contribution is 2.29. The lowest BCUT2D eigenvalue weighted by atomic mass is 10.1. The van der Waals surface area contributed by atoms with E-state index in [0.29, 0.717) is 6.54 Å². The summed E-state index contributed by atoms with van der Waals surface area (Å²) in [6.07, 6.45) is 0. The minimum Gasteiger partial charge on any atom is -0.326 e. The number of nitro benzene ring substituents is 1. The number of nitrogens with zero attached hydrogens (tertiary/aromatic N) is 2. The van der Waals surface area contributed by atoms with Crippen molar-refractivity contribution >= 4 is 17.0 Å². The van der Waals surface area contributed by atoms with Crippen molar-refractivity contribution in [2.24, 2.45) is 5.73 Å². The molecule has 0 aliphatic carbocycles. The molecule has 0 radical (unpaired) electrons. The fraction of sp³-hybridized carbons (Fsp3) is 0.0625. The number of rotatable bonds is 4. The molecule has 0 unspecified atom stereocenters. The zero-order valence-electron chi connectivity index (χ0n) is 11.6. The van der Waals surface area contributed by atoms with Crippen molar-refractivity contribution < 1.29 is 4.92 Å². The molecule has 2 N–H and O–H groups in total. The van der Waals surface area contributed by atoms with Gasteiger partial charge in [-0.15, -0.1) is 11.3 Å². The van der Waals surface area contributed by atoms with Gasteiger partial charge in [0.2, 0.25) is 0 Å². The summed E-state index contributed by atoms with van der Waals surface area (Å²) in [5, 5.41) is 13.5. The lowest BCUT2D eigenvalue weighted by molar-refractivity contribution is -0.384. The van der Waals surface area contributed by atoms with Crippen LogP contribution in [0.15, 0.2) is 53.9 Å². The molecule has 110 valence electrons. The minimum absolute atomic E-state index is 0.0802. The Morgan fingerprint density at radius 3 is 2.27 bits per heavy atom. The van der Waals surface area contributed by atoms with Gasteiger partial charge in [-0.05, 0) is 17.7 Å². The smallest absolute Gasteiger partial charge is 0.269 e. The fourth-order valence-electron chi connectivity index (χ4n) is 2.08. The molecule has 0 aliphatic heterocycles. The number of nitro groups is 1. The van der Waals surface area contributed by atoms with Gasteiger partial charge in [-0.2, -0.15) is 0 Å². The Hall–Kier alpha value is -2.57. The van der Waals surface area contributed by atoms with Crippen LogP contribution in [0.4, 0.5) is 5.69 Å². The quantitative estimate of drug-likeness (QED) is 0.586. The molecule has 3 aromatic rings. The van der Waals surface area contributed by atoms with Crippen LogP contribution in [0.1, 0.15) is 5.56 Å². The van der Waals surface area contributed by atoms with Crippen LogP contribution in [0.2, 0.25) is 0 Å². The zero-order valence-corrected chi connectivity index (χ0v) is 12.4. The summed E-state index contributed by atoms with van der Waals surface area (Å²) in [5.74, 6) is 0. The Kier molecular flexibility index (Phi) is 3.95. The van der Waals surface area contributed by atoms with E-state index in [4.69, 9.17) is 5.73 Å². The first-order valence-corrected chi connectivity index (χ1v) is 7.55. The number of non-ortho nitro benzene ring substituents is 1. The van der Waals surface area contributed by atoms with E-state index in [1.165, 1.54) is 12.1 Å². The summed E-state index contributed by atoms with van der Waals surface area (Å²) in [7, 11) is 0. The van der Waals surface area contributed by atoms with Crippen molar-refractivity contribution in [1.82, 2.24) is 4.98 Å². The highest BCUT2D eigenvalue weighted by molar-refractivity contribution is 7.13. The number of thiazole rings is 1. The standard InChI is InChI=1S/C16H13N3O2S/c17-9-11-1-3-13(4-2-11)16-18-15(10-22-16)12-5-7-14(8-6-12)19(20)21/h1-8,10H,9,17H2. The third-order valence-corrected chi connectivity index (χ3v) is 4.21. The van der Waals surface area contributed by atoms with E-state index >= 15 is 0 Å². The molecule has 3 rings (SSSR count). The van der Waals surface area contributed by atoms with E-state index in [9.17, 15) is 10.1 Å². The molecule has 0 saturated heterocycles. The van der Waals surface area contributed by atoms with Crippen LogP contribution in [0.25, 0.3) is 21.8 Å². The van der Waals surface area contributed by atoms with Crippen LogP contribution in [0.5, 0.6) is 0 Å². The SMILES string of the molecule is NCc1ccc(-c2nc(-c3ccc([N+](=O)[O-])cc3)cs2)cc1. The van der Waals surface area contributed by atoms with Crippen LogP contribution < -0.4 is 5.73 Å². The molecular formula is C16H13N3O2S. The summed E-state index contributed by atoms with van der Waals surface area (Å²) in [5.41, 5.74) is 9.47. The molecular weight excluding hydrogens is 298 g/mol. The third-order valence-electron chi connectivity index (χ3n) is 3.31. The fourth-order valence-corrected chi connectivity index (χ4v) is 2.91. The molecule has 1 heterocycles. The van der Waals surface area contributed by atoms with Gasteiger partial charge in [0.25, 0.3) is 5.69 Å². The average molecular weight is 311 g/mol. The topological polar surface area (TPSA) is 82.0 Å². The Morgan fingerprint density at radius 2 is 1.68 bits per heavy atom. The number of benzene rings is 2. The highest BCUT2D eigenvalue weighted by atomic mass is 32.1. The van der Waals surface area contributed by atoms with Gasteiger partial charge in [0, 0.05) is 35.2 Å². The van der Waals surface area contributed by atoms with Crippen LogP contribution in [0.3, 0.4) is 0 Å². The van der Waals surface area contributed by atoms with Gasteiger partial charge in [-0.25, -0.2) is 4.98 Å². The van der Waals surface area contributed by atoms with Crippen molar-refractivity contribution in [3.05, 3.63) is 69.6 Å². The molecule has 0 aliphatic rings. The van der Waals surface area contributed by atoms with E-state index in [1.54, 1.807) is 23.5 Å². The van der Waals surface area contributed by atoms with Gasteiger partial charge in [0.1, 0.15) is 5.01 Å². The van der Waals surface area contributed by atoms with E-state index < -0.39 is 4.92 Å². The minimum atomic E-state index is -0.407.